The van der Waals surface area contributed by atoms with Crippen molar-refractivity contribution in [3.63, 3.8) is 0 Å². The first-order chi connectivity index (χ1) is 17.2. The van der Waals surface area contributed by atoms with Crippen molar-refractivity contribution in [1.29, 1.82) is 0 Å². The molecule has 0 unspecified atom stereocenters. The van der Waals surface area contributed by atoms with Gasteiger partial charge in [0.1, 0.15) is 11.5 Å². The van der Waals surface area contributed by atoms with Gasteiger partial charge in [-0.1, -0.05) is 36.0 Å². The van der Waals surface area contributed by atoms with Crippen LogP contribution in [0.25, 0.3) is 39.6 Å². The summed E-state index contributed by atoms with van der Waals surface area (Å²) in [6.45, 7) is 4.44. The number of furan rings is 1. The van der Waals surface area contributed by atoms with Crippen LogP contribution < -0.4 is 4.74 Å². The average Bonchev–Trinajstić information content (AvgIpc) is 3.63. The molecule has 0 aliphatic carbocycles. The van der Waals surface area contributed by atoms with Crippen molar-refractivity contribution in [3.05, 3.63) is 78.4 Å². The maximum Gasteiger partial charge on any atom is 0.230 e. The van der Waals surface area contributed by atoms with Gasteiger partial charge in [0, 0.05) is 11.1 Å². The Balaban J connectivity index is 1.37. The van der Waals surface area contributed by atoms with Gasteiger partial charge in [0.2, 0.25) is 5.89 Å². The Morgan fingerprint density at radius 3 is 2.69 bits per heavy atom. The molecule has 6 aromatic rings. The molecule has 0 bridgehead atoms. The Hall–Kier alpha value is -4.11. The van der Waals surface area contributed by atoms with Crippen LogP contribution in [0.3, 0.4) is 0 Å². The van der Waals surface area contributed by atoms with Crippen LogP contribution >= 0.6 is 11.8 Å². The molecule has 0 saturated heterocycles. The van der Waals surface area contributed by atoms with Gasteiger partial charge in [-0.2, -0.15) is 0 Å². The SMILES string of the molecule is CCOc1ccccc1-c1nc(CSc2nnc3c4ccccc4nc(-c4ccco4)n23)c(C)o1. The number of hydrogen-bond acceptors (Lipinski definition) is 8. The topological polar surface area (TPSA) is 91.5 Å². The minimum Gasteiger partial charge on any atom is -0.493 e. The summed E-state index contributed by atoms with van der Waals surface area (Å²) in [6.07, 6.45) is 1.63. The summed E-state index contributed by atoms with van der Waals surface area (Å²) < 4.78 is 19.4. The molecule has 174 valence electrons. The summed E-state index contributed by atoms with van der Waals surface area (Å²) in [5.41, 5.74) is 3.23. The number of rotatable bonds is 7. The molecule has 0 N–H and O–H groups in total. The highest BCUT2D eigenvalue weighted by atomic mass is 32.2. The molecule has 4 aromatic heterocycles. The summed E-state index contributed by atoms with van der Waals surface area (Å²) >= 11 is 1.52. The van der Waals surface area contributed by atoms with Gasteiger partial charge in [0.25, 0.3) is 0 Å². The van der Waals surface area contributed by atoms with E-state index in [1.165, 1.54) is 11.8 Å². The van der Waals surface area contributed by atoms with Gasteiger partial charge >= 0.3 is 0 Å². The quantitative estimate of drug-likeness (QED) is 0.248. The second-order valence-electron chi connectivity index (χ2n) is 7.81. The lowest BCUT2D eigenvalue weighted by molar-refractivity contribution is 0.340. The smallest absolute Gasteiger partial charge is 0.230 e. The molecule has 8 nitrogen and oxygen atoms in total. The maximum atomic E-state index is 6.01. The third-order valence-corrected chi connectivity index (χ3v) is 6.55. The van der Waals surface area contributed by atoms with Gasteiger partial charge in [0.15, 0.2) is 22.4 Å². The zero-order chi connectivity index (χ0) is 23.8. The van der Waals surface area contributed by atoms with Crippen LogP contribution in [0.1, 0.15) is 18.4 Å². The van der Waals surface area contributed by atoms with Crippen LogP contribution in [0.2, 0.25) is 0 Å². The number of hydrogen-bond donors (Lipinski definition) is 0. The van der Waals surface area contributed by atoms with Gasteiger partial charge in [-0.05, 0) is 50.2 Å². The molecule has 6 rings (SSSR count). The number of ether oxygens (including phenoxy) is 1. The summed E-state index contributed by atoms with van der Waals surface area (Å²) in [7, 11) is 0. The van der Waals surface area contributed by atoms with Crippen molar-refractivity contribution in [2.45, 2.75) is 24.8 Å². The van der Waals surface area contributed by atoms with E-state index >= 15 is 0 Å². The van der Waals surface area contributed by atoms with Crippen molar-refractivity contribution < 1.29 is 13.6 Å². The molecular formula is C26H21N5O3S. The highest BCUT2D eigenvalue weighted by Crippen LogP contribution is 2.34. The van der Waals surface area contributed by atoms with Crippen molar-refractivity contribution in [2.24, 2.45) is 0 Å². The number of thioether (sulfide) groups is 1. The fourth-order valence-electron chi connectivity index (χ4n) is 3.96. The Morgan fingerprint density at radius 2 is 1.83 bits per heavy atom. The Kier molecular flexibility index (Phi) is 5.46. The average molecular weight is 484 g/mol. The van der Waals surface area contributed by atoms with Crippen LogP contribution in [0, 0.1) is 6.92 Å². The molecule has 0 aliphatic heterocycles. The summed E-state index contributed by atoms with van der Waals surface area (Å²) in [5.74, 6) is 3.89. The second-order valence-corrected chi connectivity index (χ2v) is 8.75. The van der Waals surface area contributed by atoms with E-state index in [0.29, 0.717) is 35.0 Å². The van der Waals surface area contributed by atoms with E-state index in [1.807, 2.05) is 78.9 Å². The molecule has 0 amide bonds. The predicted molar refractivity (Wildman–Crippen MR) is 133 cm³/mol. The minimum absolute atomic E-state index is 0.539. The number of aryl methyl sites for hydroxylation is 1. The van der Waals surface area contributed by atoms with Gasteiger partial charge in [-0.3, -0.25) is 4.40 Å². The second kappa shape index (κ2) is 8.92. The van der Waals surface area contributed by atoms with Crippen LogP contribution in [-0.2, 0) is 5.75 Å². The molecule has 0 saturated carbocycles. The molecule has 0 aliphatic rings. The number of benzene rings is 2. The zero-order valence-electron chi connectivity index (χ0n) is 19.1. The van der Waals surface area contributed by atoms with Gasteiger partial charge in [-0.15, -0.1) is 10.2 Å². The van der Waals surface area contributed by atoms with E-state index in [0.717, 1.165) is 39.3 Å². The lowest BCUT2D eigenvalue weighted by Crippen LogP contribution is -1.99. The molecular weight excluding hydrogens is 462 g/mol. The Bertz CT molecular complexity index is 1640. The first kappa shape index (κ1) is 21.4. The molecule has 9 heteroatoms. The molecule has 35 heavy (non-hydrogen) atoms. The van der Waals surface area contributed by atoms with Crippen LogP contribution in [0.5, 0.6) is 5.75 Å². The summed E-state index contributed by atoms with van der Waals surface area (Å²) in [5, 5.41) is 10.6. The number of nitrogens with zero attached hydrogens (tertiary/aromatic N) is 5. The van der Waals surface area contributed by atoms with E-state index in [4.69, 9.17) is 23.5 Å². The zero-order valence-corrected chi connectivity index (χ0v) is 20.0. The molecule has 0 fully saturated rings. The maximum absolute atomic E-state index is 6.01. The van der Waals surface area contributed by atoms with E-state index in [9.17, 15) is 0 Å². The van der Waals surface area contributed by atoms with Crippen molar-refractivity contribution >= 4 is 28.3 Å². The lowest BCUT2D eigenvalue weighted by atomic mass is 10.2. The number of para-hydroxylation sites is 2. The first-order valence-corrected chi connectivity index (χ1v) is 12.2. The predicted octanol–water partition coefficient (Wildman–Crippen LogP) is 6.19. The third kappa shape index (κ3) is 3.83. The molecule has 0 atom stereocenters. The number of aromatic nitrogens is 5. The van der Waals surface area contributed by atoms with Gasteiger partial charge < -0.3 is 13.6 Å². The van der Waals surface area contributed by atoms with Crippen molar-refractivity contribution in [1.82, 2.24) is 24.6 Å². The fraction of sp³-hybridized carbons (Fsp3) is 0.154. The minimum atomic E-state index is 0.539. The highest BCUT2D eigenvalue weighted by molar-refractivity contribution is 7.98. The van der Waals surface area contributed by atoms with E-state index in [-0.39, 0.29) is 0 Å². The summed E-state index contributed by atoms with van der Waals surface area (Å²) in [4.78, 5) is 9.62. The van der Waals surface area contributed by atoms with E-state index < -0.39 is 0 Å². The van der Waals surface area contributed by atoms with Gasteiger partial charge in [0.05, 0.1) is 29.6 Å². The normalized spacial score (nSPS) is 11.5. The largest absolute Gasteiger partial charge is 0.493 e. The van der Waals surface area contributed by atoms with Crippen molar-refractivity contribution in [2.75, 3.05) is 6.61 Å². The monoisotopic (exact) mass is 483 g/mol. The third-order valence-electron chi connectivity index (χ3n) is 5.61. The molecule has 0 radical (unpaired) electrons. The first-order valence-electron chi connectivity index (χ1n) is 11.2. The lowest BCUT2D eigenvalue weighted by Gasteiger charge is -2.07. The van der Waals surface area contributed by atoms with Crippen molar-refractivity contribution in [3.8, 4) is 28.8 Å². The van der Waals surface area contributed by atoms with Crippen LogP contribution in [0.15, 0.2) is 80.9 Å². The molecule has 2 aromatic carbocycles. The summed E-state index contributed by atoms with van der Waals surface area (Å²) in [6, 6.07) is 19.4. The van der Waals surface area contributed by atoms with Gasteiger partial charge in [-0.25, -0.2) is 9.97 Å². The standard InChI is InChI=1S/C26H21N5O3S/c1-3-32-21-12-7-5-10-18(21)25-28-20(16(2)34-25)15-35-26-30-29-23-17-9-4-6-11-19(17)27-24(31(23)26)22-13-8-14-33-22/h4-14H,3,15H2,1-2H3. The van der Waals surface area contributed by atoms with Crippen LogP contribution in [-0.4, -0.2) is 31.2 Å². The molecule has 4 heterocycles. The Morgan fingerprint density at radius 1 is 0.971 bits per heavy atom. The fourth-order valence-corrected chi connectivity index (χ4v) is 4.89. The van der Waals surface area contributed by atoms with E-state index in [1.54, 1.807) is 6.26 Å². The number of oxazole rings is 1. The van der Waals surface area contributed by atoms with E-state index in [2.05, 4.69) is 10.2 Å². The Labute approximate surface area is 205 Å². The molecule has 0 spiro atoms. The number of fused-ring (bicyclic) bond motifs is 3. The highest BCUT2D eigenvalue weighted by Gasteiger charge is 2.20. The van der Waals surface area contributed by atoms with Crippen LogP contribution in [0.4, 0.5) is 0 Å².